The summed E-state index contributed by atoms with van der Waals surface area (Å²) < 4.78 is 38.9. The summed E-state index contributed by atoms with van der Waals surface area (Å²) >= 11 is 4.91. The maximum atomic E-state index is 13.3. The lowest BCUT2D eigenvalue weighted by atomic mass is 9.95. The number of nitrogens with zero attached hydrogens (tertiary/aromatic N) is 1. The van der Waals surface area contributed by atoms with Crippen LogP contribution in [0.3, 0.4) is 0 Å². The van der Waals surface area contributed by atoms with E-state index in [1.54, 1.807) is 20.8 Å². The summed E-state index contributed by atoms with van der Waals surface area (Å²) in [6.45, 7) is 4.90. The lowest BCUT2D eigenvalue weighted by Gasteiger charge is -2.47. The van der Waals surface area contributed by atoms with Crippen molar-refractivity contribution < 1.29 is 27.8 Å². The number of aliphatic hydroxyl groups excluding tert-OH is 1. The quantitative estimate of drug-likeness (QED) is 0.486. The number of amides is 1. The molecule has 1 aromatic rings. The molecule has 0 aromatic heterocycles. The Bertz CT molecular complexity index is 932. The van der Waals surface area contributed by atoms with Crippen LogP contribution < -0.4 is 10.5 Å². The first-order valence-electron chi connectivity index (χ1n) is 8.82. The van der Waals surface area contributed by atoms with Gasteiger partial charge >= 0.3 is 0 Å². The topological polar surface area (TPSA) is 119 Å². The van der Waals surface area contributed by atoms with Crippen molar-refractivity contribution in [2.75, 3.05) is 13.2 Å². The van der Waals surface area contributed by atoms with Crippen LogP contribution in [0.25, 0.3) is 0 Å². The number of morpholine rings is 1. The zero-order valence-electron chi connectivity index (χ0n) is 16.4. The minimum atomic E-state index is -4.07. The van der Waals surface area contributed by atoms with E-state index in [0.717, 1.165) is 4.31 Å². The SMILES string of the molecule is CC#CCOc1ccc(S(=O)(=O)N2CC(CC(N)=O)OC(C)(C)C2C(O)=S)cc1. The van der Waals surface area contributed by atoms with E-state index in [-0.39, 0.29) is 24.5 Å². The molecule has 0 saturated carbocycles. The number of rotatable bonds is 7. The summed E-state index contributed by atoms with van der Waals surface area (Å²) in [5.74, 6) is 5.29. The van der Waals surface area contributed by atoms with E-state index in [1.807, 2.05) is 0 Å². The fourth-order valence-electron chi connectivity index (χ4n) is 3.21. The largest absolute Gasteiger partial charge is 0.501 e. The van der Waals surface area contributed by atoms with Crippen LogP contribution >= 0.6 is 12.2 Å². The van der Waals surface area contributed by atoms with Gasteiger partial charge in [0, 0.05) is 6.54 Å². The first-order chi connectivity index (χ1) is 13.5. The summed E-state index contributed by atoms with van der Waals surface area (Å²) in [5.41, 5.74) is 4.09. The second-order valence-corrected chi connectivity index (χ2v) is 9.32. The van der Waals surface area contributed by atoms with Crippen LogP contribution in [0.2, 0.25) is 0 Å². The predicted molar refractivity (Wildman–Crippen MR) is 111 cm³/mol. The van der Waals surface area contributed by atoms with Crippen LogP contribution in [0, 0.1) is 11.8 Å². The van der Waals surface area contributed by atoms with Crippen LogP contribution in [0.5, 0.6) is 5.75 Å². The fraction of sp³-hybridized carbons (Fsp3) is 0.474. The van der Waals surface area contributed by atoms with Gasteiger partial charge in [-0.15, -0.1) is 5.92 Å². The van der Waals surface area contributed by atoms with Gasteiger partial charge in [0.25, 0.3) is 0 Å². The number of primary amides is 1. The lowest BCUT2D eigenvalue weighted by molar-refractivity contribution is -0.145. The van der Waals surface area contributed by atoms with Crippen molar-refractivity contribution in [1.82, 2.24) is 4.31 Å². The number of sulfonamides is 1. The molecule has 1 fully saturated rings. The number of nitrogens with two attached hydrogens (primary N) is 1. The highest BCUT2D eigenvalue weighted by atomic mass is 32.2. The Morgan fingerprint density at radius 2 is 2.03 bits per heavy atom. The maximum absolute atomic E-state index is 13.3. The van der Waals surface area contributed by atoms with Gasteiger partial charge in [0.1, 0.15) is 18.4 Å². The maximum Gasteiger partial charge on any atom is 0.243 e. The molecule has 2 unspecified atom stereocenters. The minimum absolute atomic E-state index is 0.0109. The number of thiocarbonyl (C=S) groups is 1. The minimum Gasteiger partial charge on any atom is -0.501 e. The van der Waals surface area contributed by atoms with Gasteiger partial charge in [0.15, 0.2) is 5.05 Å². The average molecular weight is 441 g/mol. The molecule has 10 heteroatoms. The third kappa shape index (κ3) is 5.45. The molecule has 0 aliphatic carbocycles. The molecule has 29 heavy (non-hydrogen) atoms. The number of hydrogen-bond donors (Lipinski definition) is 2. The van der Waals surface area contributed by atoms with Gasteiger partial charge in [-0.05, 0) is 57.3 Å². The zero-order chi connectivity index (χ0) is 21.8. The summed E-state index contributed by atoms with van der Waals surface area (Å²) in [5, 5.41) is 9.53. The van der Waals surface area contributed by atoms with Crippen molar-refractivity contribution in [3.63, 3.8) is 0 Å². The molecule has 1 aromatic carbocycles. The highest BCUT2D eigenvalue weighted by Crippen LogP contribution is 2.34. The third-order valence-electron chi connectivity index (χ3n) is 4.38. The Balaban J connectivity index is 2.38. The molecule has 1 amide bonds. The van der Waals surface area contributed by atoms with E-state index in [4.69, 9.17) is 27.4 Å². The predicted octanol–water partition coefficient (Wildman–Crippen LogP) is 1.39. The van der Waals surface area contributed by atoms with Crippen molar-refractivity contribution >= 4 is 33.2 Å². The zero-order valence-corrected chi connectivity index (χ0v) is 18.0. The van der Waals surface area contributed by atoms with E-state index in [2.05, 4.69) is 11.8 Å². The van der Waals surface area contributed by atoms with E-state index in [0.29, 0.717) is 5.75 Å². The molecule has 8 nitrogen and oxygen atoms in total. The summed E-state index contributed by atoms with van der Waals surface area (Å²) in [6, 6.07) is 4.72. The van der Waals surface area contributed by atoms with Crippen molar-refractivity contribution in [3.05, 3.63) is 24.3 Å². The van der Waals surface area contributed by atoms with Crippen molar-refractivity contribution in [2.45, 2.75) is 49.8 Å². The Morgan fingerprint density at radius 1 is 1.41 bits per heavy atom. The molecule has 1 aliphatic heterocycles. The van der Waals surface area contributed by atoms with Crippen molar-refractivity contribution in [3.8, 4) is 17.6 Å². The number of ether oxygens (including phenoxy) is 2. The molecule has 0 bridgehead atoms. The monoisotopic (exact) mass is 440 g/mol. The van der Waals surface area contributed by atoms with Crippen LogP contribution in [-0.4, -0.2) is 59.7 Å². The first-order valence-corrected chi connectivity index (χ1v) is 10.7. The van der Waals surface area contributed by atoms with E-state index in [9.17, 15) is 18.3 Å². The van der Waals surface area contributed by atoms with E-state index < -0.39 is 38.7 Å². The molecular formula is C19H24N2O6S2. The van der Waals surface area contributed by atoms with Crippen LogP contribution in [0.15, 0.2) is 29.2 Å². The molecule has 0 spiro atoms. The molecular weight excluding hydrogens is 416 g/mol. The highest BCUT2D eigenvalue weighted by molar-refractivity contribution is 7.89. The molecule has 3 N–H and O–H groups in total. The molecule has 2 rings (SSSR count). The van der Waals surface area contributed by atoms with Gasteiger partial charge in [0.2, 0.25) is 15.9 Å². The van der Waals surface area contributed by atoms with Crippen LogP contribution in [-0.2, 0) is 19.6 Å². The molecule has 158 valence electrons. The number of hydrogen-bond acceptors (Lipinski definition) is 6. The normalized spacial score (nSPS) is 21.6. The Labute approximate surface area is 176 Å². The summed E-state index contributed by atoms with van der Waals surface area (Å²) in [4.78, 5) is 11.3. The van der Waals surface area contributed by atoms with Gasteiger partial charge in [-0.3, -0.25) is 4.79 Å². The standard InChI is InChI=1S/C19H24N2O6S2/c1-4-5-10-26-13-6-8-15(9-7-13)29(24,25)21-12-14(11-16(20)22)27-19(2,3)17(21)18(23)28/h6-9,14,17H,10-12H2,1-3H3,(H2,20,22)(H,23,28). The Hall–Kier alpha value is -2.19. The first kappa shape index (κ1) is 23.1. The van der Waals surface area contributed by atoms with Gasteiger partial charge in [0.05, 0.1) is 23.0 Å². The molecule has 1 aliphatic rings. The van der Waals surface area contributed by atoms with E-state index >= 15 is 0 Å². The molecule has 1 saturated heterocycles. The van der Waals surface area contributed by atoms with Gasteiger partial charge in [-0.1, -0.05) is 5.92 Å². The lowest BCUT2D eigenvalue weighted by Crippen LogP contribution is -2.64. The van der Waals surface area contributed by atoms with Crippen molar-refractivity contribution in [2.24, 2.45) is 5.73 Å². The number of carbonyl (C=O) groups is 1. The van der Waals surface area contributed by atoms with Crippen LogP contribution in [0.4, 0.5) is 0 Å². The smallest absolute Gasteiger partial charge is 0.243 e. The number of benzene rings is 1. The number of aliphatic hydroxyl groups is 1. The second-order valence-electron chi connectivity index (χ2n) is 7.02. The van der Waals surface area contributed by atoms with E-state index in [1.165, 1.54) is 24.3 Å². The van der Waals surface area contributed by atoms with Gasteiger partial charge in [-0.25, -0.2) is 8.42 Å². The fourth-order valence-corrected chi connectivity index (χ4v) is 5.43. The summed E-state index contributed by atoms with van der Waals surface area (Å²) in [6.07, 6.45) is -0.927. The molecule has 1 heterocycles. The van der Waals surface area contributed by atoms with Gasteiger partial charge in [-0.2, -0.15) is 4.31 Å². The Morgan fingerprint density at radius 3 is 2.55 bits per heavy atom. The third-order valence-corrected chi connectivity index (χ3v) is 6.45. The molecule has 0 radical (unpaired) electrons. The van der Waals surface area contributed by atoms with Crippen LogP contribution in [0.1, 0.15) is 27.2 Å². The van der Waals surface area contributed by atoms with Crippen molar-refractivity contribution in [1.29, 1.82) is 0 Å². The second kappa shape index (κ2) is 9.09. The highest BCUT2D eigenvalue weighted by Gasteiger charge is 2.50. The van der Waals surface area contributed by atoms with Gasteiger partial charge < -0.3 is 20.3 Å². The average Bonchev–Trinajstić information content (AvgIpc) is 2.60. The number of carbonyl (C=O) groups excluding carboxylic acids is 1. The Kier molecular flexibility index (Phi) is 7.24. The summed E-state index contributed by atoms with van der Waals surface area (Å²) in [7, 11) is -4.07. The molecule has 2 atom stereocenters.